The summed E-state index contributed by atoms with van der Waals surface area (Å²) in [6.45, 7) is 17.6. The molecule has 4 heterocycles. The Morgan fingerprint density at radius 1 is 0.689 bits per heavy atom. The first kappa shape index (κ1) is 33.2. The van der Waals surface area contributed by atoms with Crippen LogP contribution in [-0.2, 0) is 23.7 Å². The molecule has 4 aromatic rings. The molecule has 2 saturated heterocycles. The van der Waals surface area contributed by atoms with Crippen molar-refractivity contribution in [3.05, 3.63) is 95.3 Å². The Morgan fingerprint density at radius 3 is 1.67 bits per heavy atom. The molecule has 2 aromatic heterocycles. The first-order valence-corrected chi connectivity index (χ1v) is 16.9. The highest BCUT2D eigenvalue weighted by atomic mass is 15.2. The predicted molar refractivity (Wildman–Crippen MR) is 191 cm³/mol. The van der Waals surface area contributed by atoms with Crippen LogP contribution in [0, 0.1) is 0 Å². The van der Waals surface area contributed by atoms with E-state index in [-0.39, 0.29) is 21.9 Å². The number of nitrogens with two attached hydrogens (primary N) is 2. The van der Waals surface area contributed by atoms with Crippen LogP contribution >= 0.6 is 0 Å². The number of fused-ring (bicyclic) bond motifs is 1. The topological polar surface area (TPSA) is 96.0 Å². The summed E-state index contributed by atoms with van der Waals surface area (Å²) in [6.07, 6.45) is 9.95. The van der Waals surface area contributed by atoms with Gasteiger partial charge >= 0.3 is 0 Å². The summed E-state index contributed by atoms with van der Waals surface area (Å²) in [4.78, 5) is 10.0. The van der Waals surface area contributed by atoms with E-state index < -0.39 is 0 Å². The van der Waals surface area contributed by atoms with Gasteiger partial charge in [0.2, 0.25) is 0 Å². The summed E-state index contributed by atoms with van der Waals surface area (Å²) in [7, 11) is 0. The first-order valence-electron chi connectivity index (χ1n) is 16.9. The van der Waals surface area contributed by atoms with E-state index in [9.17, 15) is 0 Å². The van der Waals surface area contributed by atoms with E-state index in [2.05, 4.69) is 122 Å². The molecule has 6 heteroatoms. The highest BCUT2D eigenvalue weighted by Gasteiger charge is 2.32. The van der Waals surface area contributed by atoms with Crippen molar-refractivity contribution in [2.24, 2.45) is 11.5 Å². The van der Waals surface area contributed by atoms with Gasteiger partial charge in [-0.05, 0) is 96.8 Å². The number of aromatic amines is 1. The minimum Gasteiger partial charge on any atom is -0.371 e. The van der Waals surface area contributed by atoms with Gasteiger partial charge in [0.05, 0.1) is 0 Å². The largest absolute Gasteiger partial charge is 0.371 e. The van der Waals surface area contributed by atoms with Crippen LogP contribution in [0.25, 0.3) is 11.0 Å². The quantitative estimate of drug-likeness (QED) is 0.196. The van der Waals surface area contributed by atoms with Crippen LogP contribution in [0.2, 0.25) is 0 Å². The highest BCUT2D eigenvalue weighted by Crippen LogP contribution is 2.32. The van der Waals surface area contributed by atoms with Gasteiger partial charge in [-0.15, -0.1) is 0 Å². The average Bonchev–Trinajstić information content (AvgIpc) is 3.47. The number of nitrogens with zero attached hydrogens (tertiary/aromatic N) is 2. The molecule has 45 heavy (non-hydrogen) atoms. The molecule has 6 rings (SSSR count). The minimum atomic E-state index is -0.121. The van der Waals surface area contributed by atoms with Crippen LogP contribution < -0.4 is 21.7 Å². The van der Waals surface area contributed by atoms with Crippen LogP contribution in [0.15, 0.2) is 73.1 Å². The molecule has 6 N–H and O–H groups in total. The van der Waals surface area contributed by atoms with Gasteiger partial charge in [0.1, 0.15) is 5.65 Å². The molecule has 6 nitrogen and oxygen atoms in total. The van der Waals surface area contributed by atoms with E-state index in [1.165, 1.54) is 33.3 Å². The van der Waals surface area contributed by atoms with E-state index in [0.29, 0.717) is 0 Å². The Labute approximate surface area is 271 Å². The van der Waals surface area contributed by atoms with Crippen LogP contribution in [0.1, 0.15) is 89.5 Å². The molecule has 0 bridgehead atoms. The van der Waals surface area contributed by atoms with Crippen molar-refractivity contribution >= 4 is 16.7 Å². The number of benzene rings is 2. The minimum absolute atomic E-state index is 0.00546. The van der Waals surface area contributed by atoms with Gasteiger partial charge in [-0.2, -0.15) is 0 Å². The number of aromatic nitrogens is 2. The van der Waals surface area contributed by atoms with Gasteiger partial charge in [0, 0.05) is 47.6 Å². The second-order valence-corrected chi connectivity index (χ2v) is 15.8. The summed E-state index contributed by atoms with van der Waals surface area (Å²) in [5.74, 6) is 0. The SMILES string of the molecule is CC(C)(C)c1ccc(CC2(N)CCN(c3ccnc4[nH]ccc34)CC2)cc1.CC(C)(C)c1ccc(CC2(N)CCNCC2)cc1. The number of hydrogen-bond donors (Lipinski definition) is 4. The number of hydrogen-bond acceptors (Lipinski definition) is 5. The number of nitrogens with one attached hydrogen (secondary N) is 2. The average molecular weight is 609 g/mol. The maximum atomic E-state index is 6.80. The van der Waals surface area contributed by atoms with Crippen molar-refractivity contribution in [2.45, 2.75) is 102 Å². The lowest BCUT2D eigenvalue weighted by molar-refractivity contribution is 0.308. The monoisotopic (exact) mass is 608 g/mol. The molecule has 2 fully saturated rings. The van der Waals surface area contributed by atoms with Crippen molar-refractivity contribution in [2.75, 3.05) is 31.1 Å². The molecule has 0 amide bonds. The Kier molecular flexibility index (Phi) is 9.79. The summed E-state index contributed by atoms with van der Waals surface area (Å²) >= 11 is 0. The summed E-state index contributed by atoms with van der Waals surface area (Å²) in [5.41, 5.74) is 21.3. The molecule has 0 unspecified atom stereocenters. The van der Waals surface area contributed by atoms with Crippen molar-refractivity contribution in [1.82, 2.24) is 15.3 Å². The number of rotatable bonds is 5. The normalized spacial score (nSPS) is 18.4. The van der Waals surface area contributed by atoms with Gasteiger partial charge in [0.25, 0.3) is 0 Å². The molecule has 2 aliphatic rings. The lowest BCUT2D eigenvalue weighted by atomic mass is 9.81. The van der Waals surface area contributed by atoms with Gasteiger partial charge in [-0.25, -0.2) is 4.98 Å². The summed E-state index contributed by atoms with van der Waals surface area (Å²) < 4.78 is 0. The number of pyridine rings is 1. The highest BCUT2D eigenvalue weighted by molar-refractivity contribution is 5.89. The number of H-pyrrole nitrogens is 1. The second kappa shape index (κ2) is 13.3. The van der Waals surface area contributed by atoms with Crippen LogP contribution in [-0.4, -0.2) is 47.2 Å². The zero-order valence-electron chi connectivity index (χ0n) is 28.5. The van der Waals surface area contributed by atoms with E-state index in [1.807, 2.05) is 12.4 Å². The Hall–Kier alpha value is -3.19. The predicted octanol–water partition coefficient (Wildman–Crippen LogP) is 7.01. The lowest BCUT2D eigenvalue weighted by Crippen LogP contribution is -2.52. The second-order valence-electron chi connectivity index (χ2n) is 15.8. The first-order chi connectivity index (χ1) is 21.2. The molecular formula is C39H56N6. The van der Waals surface area contributed by atoms with Crippen LogP contribution in [0.3, 0.4) is 0 Å². The lowest BCUT2D eigenvalue weighted by Gasteiger charge is -2.40. The van der Waals surface area contributed by atoms with Gasteiger partial charge in [0.15, 0.2) is 0 Å². The van der Waals surface area contributed by atoms with Gasteiger partial charge in [-0.1, -0.05) is 90.1 Å². The van der Waals surface area contributed by atoms with E-state index >= 15 is 0 Å². The zero-order valence-corrected chi connectivity index (χ0v) is 28.5. The Morgan fingerprint density at radius 2 is 1.18 bits per heavy atom. The summed E-state index contributed by atoms with van der Waals surface area (Å²) in [5, 5.41) is 4.57. The fourth-order valence-electron chi connectivity index (χ4n) is 6.75. The maximum absolute atomic E-state index is 6.80. The molecular weight excluding hydrogens is 552 g/mol. The maximum Gasteiger partial charge on any atom is 0.139 e. The number of piperidine rings is 2. The van der Waals surface area contributed by atoms with E-state index in [4.69, 9.17) is 11.5 Å². The third kappa shape index (κ3) is 8.55. The molecule has 242 valence electrons. The van der Waals surface area contributed by atoms with Gasteiger partial charge < -0.3 is 26.7 Å². The standard InChI is InChI=1S/C23H30N4.C16H26N2/c1-22(2,3)18-6-4-17(5-7-18)16-23(24)10-14-27(15-11-23)20-9-13-26-21-19(20)8-12-25-21;1-15(2,3)14-6-4-13(5-7-14)12-16(17)8-10-18-11-9-16/h4-9,12-13H,10-11,14-16,24H2,1-3H3,(H,25,26);4-7,18H,8-12,17H2,1-3H3. The van der Waals surface area contributed by atoms with E-state index in [1.54, 1.807) is 0 Å². The van der Waals surface area contributed by atoms with Crippen LogP contribution in [0.4, 0.5) is 5.69 Å². The van der Waals surface area contributed by atoms with Crippen molar-refractivity contribution < 1.29 is 0 Å². The zero-order chi connectivity index (χ0) is 32.3. The molecule has 0 spiro atoms. The third-order valence-electron chi connectivity index (χ3n) is 9.89. The molecule has 0 radical (unpaired) electrons. The Balaban J connectivity index is 0.000000194. The molecule has 2 aliphatic heterocycles. The Bertz CT molecular complexity index is 1510. The molecule has 2 aromatic carbocycles. The summed E-state index contributed by atoms with van der Waals surface area (Å²) in [6, 6.07) is 22.3. The van der Waals surface area contributed by atoms with Gasteiger partial charge in [-0.3, -0.25) is 0 Å². The fraction of sp³-hybridized carbons (Fsp3) is 0.513. The molecule has 0 saturated carbocycles. The molecule has 0 atom stereocenters. The van der Waals surface area contributed by atoms with Crippen molar-refractivity contribution in [3.63, 3.8) is 0 Å². The number of anilines is 1. The fourth-order valence-corrected chi connectivity index (χ4v) is 6.75. The molecule has 0 aliphatic carbocycles. The van der Waals surface area contributed by atoms with Crippen molar-refractivity contribution in [3.8, 4) is 0 Å². The van der Waals surface area contributed by atoms with E-state index in [0.717, 1.165) is 70.4 Å². The van der Waals surface area contributed by atoms with Crippen molar-refractivity contribution in [1.29, 1.82) is 0 Å². The smallest absolute Gasteiger partial charge is 0.139 e. The third-order valence-corrected chi connectivity index (χ3v) is 9.89. The van der Waals surface area contributed by atoms with Crippen LogP contribution in [0.5, 0.6) is 0 Å².